The van der Waals surface area contributed by atoms with Crippen LogP contribution in [-0.2, 0) is 24.0 Å². The Morgan fingerprint density at radius 3 is 2.00 bits per heavy atom. The summed E-state index contributed by atoms with van der Waals surface area (Å²) in [6, 6.07) is 0. The summed E-state index contributed by atoms with van der Waals surface area (Å²) in [6.07, 6.45) is 0. The van der Waals surface area contributed by atoms with Crippen LogP contribution in [0.25, 0.3) is 0 Å². The van der Waals surface area contributed by atoms with Crippen molar-refractivity contribution in [1.29, 1.82) is 0 Å². The van der Waals surface area contributed by atoms with E-state index < -0.39 is 8.60 Å². The summed E-state index contributed by atoms with van der Waals surface area (Å²) in [5.74, 6) is 0. The van der Waals surface area contributed by atoms with Crippen molar-refractivity contribution in [3.05, 3.63) is 0 Å². The first-order chi connectivity index (χ1) is 2.77. The first-order valence-corrected chi connectivity index (χ1v) is 2.64. The molecule has 0 spiro atoms. The molecule has 0 atom stereocenters. The Labute approximate surface area is 56.4 Å². The van der Waals surface area contributed by atoms with Gasteiger partial charge in [-0.2, -0.15) is 8.60 Å². The summed E-state index contributed by atoms with van der Waals surface area (Å²) >= 11 is 0. The Morgan fingerprint density at radius 1 is 1.57 bits per heavy atom. The average molecular weight is 173 g/mol. The second-order valence-corrected chi connectivity index (χ2v) is 1.35. The molecule has 0 saturated heterocycles. The van der Waals surface area contributed by atoms with Crippen LogP contribution in [0.3, 0.4) is 0 Å². The van der Waals surface area contributed by atoms with Gasteiger partial charge >= 0.3 is 19.5 Å². The molecule has 0 aliphatic carbocycles. The Balaban J connectivity index is 0. The van der Waals surface area contributed by atoms with Crippen molar-refractivity contribution in [2.45, 2.75) is 6.92 Å². The molecule has 0 saturated carbocycles. The summed E-state index contributed by atoms with van der Waals surface area (Å²) in [7, 11) is -2.60. The SMILES string of the molecule is CCOP([O-])[O-].[Zn+2]. The van der Waals surface area contributed by atoms with Crippen molar-refractivity contribution in [2.24, 2.45) is 0 Å². The fraction of sp³-hybridized carbons (Fsp3) is 1.00. The molecule has 7 heavy (non-hydrogen) atoms. The third-order valence-electron chi connectivity index (χ3n) is 0.235. The minimum absolute atomic E-state index is 0. The van der Waals surface area contributed by atoms with Gasteiger partial charge in [0.15, 0.2) is 0 Å². The van der Waals surface area contributed by atoms with Gasteiger partial charge in [0.05, 0.1) is 0 Å². The average Bonchev–Trinajstić information content (AvgIpc) is 1.35. The van der Waals surface area contributed by atoms with Crippen LogP contribution in [0.4, 0.5) is 0 Å². The van der Waals surface area contributed by atoms with Crippen LogP contribution >= 0.6 is 8.60 Å². The number of rotatable bonds is 2. The van der Waals surface area contributed by atoms with Crippen LogP contribution in [0.1, 0.15) is 6.92 Å². The van der Waals surface area contributed by atoms with Crippen LogP contribution in [-0.4, -0.2) is 6.61 Å². The van der Waals surface area contributed by atoms with E-state index in [0.29, 0.717) is 0 Å². The fourth-order valence-electron chi connectivity index (χ4n) is 0.105. The van der Waals surface area contributed by atoms with Gasteiger partial charge in [0.1, 0.15) is 0 Å². The molecule has 0 amide bonds. The van der Waals surface area contributed by atoms with Crippen molar-refractivity contribution in [3.8, 4) is 0 Å². The largest absolute Gasteiger partial charge is 2.00 e. The number of hydrogen-bond donors (Lipinski definition) is 0. The van der Waals surface area contributed by atoms with Gasteiger partial charge in [-0.3, -0.25) is 0 Å². The topological polar surface area (TPSA) is 55.3 Å². The summed E-state index contributed by atoms with van der Waals surface area (Å²) in [6.45, 7) is 1.85. The van der Waals surface area contributed by atoms with Crippen molar-refractivity contribution < 1.29 is 33.8 Å². The minimum atomic E-state index is -2.60. The monoisotopic (exact) mass is 172 g/mol. The zero-order valence-corrected chi connectivity index (χ0v) is 7.95. The molecule has 0 aliphatic rings. The summed E-state index contributed by atoms with van der Waals surface area (Å²) in [5.41, 5.74) is 0. The van der Waals surface area contributed by atoms with E-state index in [2.05, 4.69) is 4.52 Å². The van der Waals surface area contributed by atoms with E-state index >= 15 is 0 Å². The van der Waals surface area contributed by atoms with Gasteiger partial charge < -0.3 is 14.3 Å². The maximum absolute atomic E-state index is 9.41. The Bertz CT molecular complexity index is 34.1. The van der Waals surface area contributed by atoms with Crippen LogP contribution in [0.5, 0.6) is 0 Å². The van der Waals surface area contributed by atoms with E-state index in [0.717, 1.165) is 0 Å². The van der Waals surface area contributed by atoms with Gasteiger partial charge in [-0.1, -0.05) is 0 Å². The van der Waals surface area contributed by atoms with E-state index in [-0.39, 0.29) is 26.1 Å². The zero-order chi connectivity index (χ0) is 4.99. The first-order valence-electron chi connectivity index (χ1n) is 1.54. The van der Waals surface area contributed by atoms with E-state index in [1.54, 1.807) is 6.92 Å². The molecule has 0 bridgehead atoms. The molecule has 0 rings (SSSR count). The minimum Gasteiger partial charge on any atom is -0.820 e. The molecule has 0 heterocycles. The van der Waals surface area contributed by atoms with Gasteiger partial charge in [0, 0.05) is 6.61 Å². The molecule has 5 heteroatoms. The van der Waals surface area contributed by atoms with E-state index in [4.69, 9.17) is 0 Å². The molecule has 0 aromatic rings. The van der Waals surface area contributed by atoms with E-state index in [9.17, 15) is 9.79 Å². The van der Waals surface area contributed by atoms with Crippen molar-refractivity contribution in [3.63, 3.8) is 0 Å². The van der Waals surface area contributed by atoms with E-state index in [1.807, 2.05) is 0 Å². The van der Waals surface area contributed by atoms with Crippen molar-refractivity contribution in [2.75, 3.05) is 6.61 Å². The molecule has 0 aromatic carbocycles. The van der Waals surface area contributed by atoms with Crippen LogP contribution in [0.2, 0.25) is 0 Å². The second kappa shape index (κ2) is 6.93. The molecule has 0 fully saturated rings. The Hall–Kier alpha value is 0.933. The molecule has 0 radical (unpaired) electrons. The second-order valence-electron chi connectivity index (χ2n) is 0.641. The van der Waals surface area contributed by atoms with Crippen LogP contribution < -0.4 is 9.79 Å². The van der Waals surface area contributed by atoms with Gasteiger partial charge in [0.25, 0.3) is 0 Å². The number of hydrogen-bond acceptors (Lipinski definition) is 3. The predicted octanol–water partition coefficient (Wildman–Crippen LogP) is -1.03. The molecule has 3 nitrogen and oxygen atoms in total. The molecular formula is C2H5O3PZn. The Morgan fingerprint density at radius 2 is 2.00 bits per heavy atom. The molecule has 0 unspecified atom stereocenters. The summed E-state index contributed by atoms with van der Waals surface area (Å²) < 4.78 is 4.00. The van der Waals surface area contributed by atoms with Gasteiger partial charge in [0.2, 0.25) is 0 Å². The molecule has 0 N–H and O–H groups in total. The van der Waals surface area contributed by atoms with Gasteiger partial charge in [-0.15, -0.1) is 0 Å². The smallest absolute Gasteiger partial charge is 0.820 e. The van der Waals surface area contributed by atoms with Crippen LogP contribution in [0.15, 0.2) is 0 Å². The van der Waals surface area contributed by atoms with Crippen molar-refractivity contribution in [1.82, 2.24) is 0 Å². The van der Waals surface area contributed by atoms with E-state index in [1.165, 1.54) is 0 Å². The van der Waals surface area contributed by atoms with Crippen LogP contribution in [0, 0.1) is 0 Å². The standard InChI is InChI=1S/C2H5O3P.Zn/c1-2-5-6(3)4;/h2H2,1H3;/q-2;+2. The summed E-state index contributed by atoms with van der Waals surface area (Å²) in [5, 5.41) is 0. The fourth-order valence-corrected chi connectivity index (χ4v) is 0.316. The Kier molecular flexibility index (Phi) is 10.7. The molecule has 38 valence electrons. The normalized spacial score (nSPS) is 8.57. The predicted molar refractivity (Wildman–Crippen MR) is 18.5 cm³/mol. The van der Waals surface area contributed by atoms with Gasteiger partial charge in [-0.05, 0) is 6.92 Å². The quantitative estimate of drug-likeness (QED) is 0.396. The third-order valence-corrected chi connectivity index (χ3v) is 0.704. The maximum atomic E-state index is 9.41. The third kappa shape index (κ3) is 10.9. The van der Waals surface area contributed by atoms with Crippen molar-refractivity contribution >= 4 is 8.60 Å². The first kappa shape index (κ1) is 10.8. The summed E-state index contributed by atoms with van der Waals surface area (Å²) in [4.78, 5) is 18.8. The molecule has 0 aliphatic heterocycles. The maximum Gasteiger partial charge on any atom is 2.00 e. The molecular weight excluding hydrogens is 168 g/mol. The zero-order valence-electron chi connectivity index (χ0n) is 4.09. The van der Waals surface area contributed by atoms with Gasteiger partial charge in [-0.25, -0.2) is 0 Å². The molecule has 0 aromatic heterocycles.